The quantitative estimate of drug-likeness (QED) is 0.487. The second-order valence-electron chi connectivity index (χ2n) is 8.51. The van der Waals surface area contributed by atoms with Crippen LogP contribution in [-0.4, -0.2) is 33.6 Å². The standard InChI is InChI=1S/C25H27N5OS/c1-17-7-9-19(10-8-17)22-16-30-24(27-22)32-25(28-30)29-13-11-20(12-14-29)23(31)26-15-21-6-4-3-5-18(21)2/h3-10,16,20H,11-15H2,1-2H3,(H,26,31). The zero-order chi connectivity index (χ0) is 22.1. The number of hydrogen-bond acceptors (Lipinski definition) is 5. The second kappa shape index (κ2) is 8.74. The van der Waals surface area contributed by atoms with Crippen LogP contribution in [0.5, 0.6) is 0 Å². The molecular formula is C25H27N5OS. The number of imidazole rings is 1. The van der Waals surface area contributed by atoms with E-state index in [2.05, 4.69) is 60.5 Å². The van der Waals surface area contributed by atoms with Gasteiger partial charge in [-0.1, -0.05) is 65.4 Å². The number of hydrogen-bond donors (Lipinski definition) is 1. The zero-order valence-electron chi connectivity index (χ0n) is 18.4. The number of benzene rings is 2. The Balaban J connectivity index is 1.18. The minimum atomic E-state index is 0.0625. The Bertz CT molecular complexity index is 1200. The summed E-state index contributed by atoms with van der Waals surface area (Å²) < 4.78 is 1.87. The van der Waals surface area contributed by atoms with Gasteiger partial charge in [-0.2, -0.15) is 0 Å². The maximum absolute atomic E-state index is 12.7. The molecule has 1 N–H and O–H groups in total. The van der Waals surface area contributed by atoms with Crippen molar-refractivity contribution in [3.63, 3.8) is 0 Å². The first kappa shape index (κ1) is 20.7. The number of aromatic nitrogens is 3. The lowest BCUT2D eigenvalue weighted by molar-refractivity contribution is -0.125. The van der Waals surface area contributed by atoms with Gasteiger partial charge in [0, 0.05) is 31.1 Å². The molecule has 2 aromatic heterocycles. The molecule has 0 aliphatic carbocycles. The molecule has 3 heterocycles. The molecule has 1 fully saturated rings. The summed E-state index contributed by atoms with van der Waals surface area (Å²) in [6, 6.07) is 16.6. The first-order chi connectivity index (χ1) is 15.6. The van der Waals surface area contributed by atoms with E-state index in [4.69, 9.17) is 10.1 Å². The molecule has 5 rings (SSSR count). The minimum absolute atomic E-state index is 0.0625. The summed E-state index contributed by atoms with van der Waals surface area (Å²) in [5, 5.41) is 8.85. The molecule has 1 saturated heterocycles. The molecule has 0 atom stereocenters. The maximum atomic E-state index is 12.7. The maximum Gasteiger partial charge on any atom is 0.223 e. The van der Waals surface area contributed by atoms with Gasteiger partial charge >= 0.3 is 0 Å². The number of carbonyl (C=O) groups is 1. The summed E-state index contributed by atoms with van der Waals surface area (Å²) in [4.78, 5) is 20.6. The fraction of sp³-hybridized carbons (Fsp3) is 0.320. The van der Waals surface area contributed by atoms with Gasteiger partial charge in [0.1, 0.15) is 0 Å². The lowest BCUT2D eigenvalue weighted by atomic mass is 9.96. The van der Waals surface area contributed by atoms with E-state index in [0.717, 1.165) is 47.3 Å². The Morgan fingerprint density at radius 1 is 1.09 bits per heavy atom. The first-order valence-electron chi connectivity index (χ1n) is 11.1. The van der Waals surface area contributed by atoms with Crippen LogP contribution in [0.15, 0.2) is 54.7 Å². The molecule has 0 unspecified atom stereocenters. The number of rotatable bonds is 5. The van der Waals surface area contributed by atoms with Gasteiger partial charge in [-0.25, -0.2) is 9.50 Å². The van der Waals surface area contributed by atoms with Crippen molar-refractivity contribution in [1.82, 2.24) is 19.9 Å². The number of nitrogens with one attached hydrogen (secondary N) is 1. The van der Waals surface area contributed by atoms with Crippen LogP contribution in [0.2, 0.25) is 0 Å². The van der Waals surface area contributed by atoms with Gasteiger partial charge in [0.25, 0.3) is 0 Å². The fourth-order valence-electron chi connectivity index (χ4n) is 4.15. The van der Waals surface area contributed by atoms with Crippen molar-refractivity contribution in [1.29, 1.82) is 0 Å². The van der Waals surface area contributed by atoms with Gasteiger partial charge in [0.15, 0.2) is 0 Å². The largest absolute Gasteiger partial charge is 0.352 e. The number of nitrogens with zero attached hydrogens (tertiary/aromatic N) is 4. The lowest BCUT2D eigenvalue weighted by Gasteiger charge is -2.30. The van der Waals surface area contributed by atoms with Crippen molar-refractivity contribution >= 4 is 27.3 Å². The van der Waals surface area contributed by atoms with Gasteiger partial charge in [0.2, 0.25) is 16.0 Å². The van der Waals surface area contributed by atoms with Crippen molar-refractivity contribution in [2.45, 2.75) is 33.2 Å². The molecule has 2 aromatic carbocycles. The summed E-state index contributed by atoms with van der Waals surface area (Å²) >= 11 is 1.61. The van der Waals surface area contributed by atoms with Gasteiger partial charge in [-0.05, 0) is 37.8 Å². The Hall–Kier alpha value is -3.19. The minimum Gasteiger partial charge on any atom is -0.352 e. The molecule has 1 aliphatic rings. The number of carbonyl (C=O) groups excluding carboxylic acids is 1. The lowest BCUT2D eigenvalue weighted by Crippen LogP contribution is -2.40. The number of aryl methyl sites for hydroxylation is 2. The summed E-state index contributed by atoms with van der Waals surface area (Å²) in [5.74, 6) is 0.219. The van der Waals surface area contributed by atoms with E-state index < -0.39 is 0 Å². The van der Waals surface area contributed by atoms with Crippen molar-refractivity contribution in [2.75, 3.05) is 18.0 Å². The van der Waals surface area contributed by atoms with Crippen molar-refractivity contribution in [2.24, 2.45) is 5.92 Å². The van der Waals surface area contributed by atoms with Crippen LogP contribution in [0.3, 0.4) is 0 Å². The molecular weight excluding hydrogens is 418 g/mol. The van der Waals surface area contributed by atoms with Crippen LogP contribution in [0.4, 0.5) is 5.13 Å². The molecule has 6 nitrogen and oxygen atoms in total. The third-order valence-electron chi connectivity index (χ3n) is 6.23. The summed E-state index contributed by atoms with van der Waals surface area (Å²) in [6.07, 6.45) is 3.68. The monoisotopic (exact) mass is 445 g/mol. The van der Waals surface area contributed by atoms with Crippen molar-refractivity contribution < 1.29 is 4.79 Å². The topological polar surface area (TPSA) is 62.5 Å². The average molecular weight is 446 g/mol. The predicted molar refractivity (Wildman–Crippen MR) is 129 cm³/mol. The molecule has 32 heavy (non-hydrogen) atoms. The SMILES string of the molecule is Cc1ccc(-c2cn3nc(N4CCC(C(=O)NCc5ccccc5C)CC4)sc3n2)cc1. The van der Waals surface area contributed by atoms with Crippen LogP contribution in [0.1, 0.15) is 29.5 Å². The highest BCUT2D eigenvalue weighted by molar-refractivity contribution is 7.20. The summed E-state index contributed by atoms with van der Waals surface area (Å²) in [6.45, 7) is 6.43. The molecule has 0 bridgehead atoms. The normalized spacial score (nSPS) is 14.8. The highest BCUT2D eigenvalue weighted by Crippen LogP contribution is 2.29. The van der Waals surface area contributed by atoms with Crippen LogP contribution in [0, 0.1) is 19.8 Å². The smallest absolute Gasteiger partial charge is 0.223 e. The molecule has 1 amide bonds. The van der Waals surface area contributed by atoms with E-state index in [9.17, 15) is 4.79 Å². The molecule has 7 heteroatoms. The van der Waals surface area contributed by atoms with Crippen LogP contribution < -0.4 is 10.2 Å². The Labute approximate surface area is 191 Å². The van der Waals surface area contributed by atoms with E-state index in [0.29, 0.717) is 6.54 Å². The highest BCUT2D eigenvalue weighted by Gasteiger charge is 2.27. The Morgan fingerprint density at radius 2 is 1.84 bits per heavy atom. The summed E-state index contributed by atoms with van der Waals surface area (Å²) in [7, 11) is 0. The molecule has 1 aliphatic heterocycles. The molecule has 0 spiro atoms. The van der Waals surface area contributed by atoms with E-state index in [1.54, 1.807) is 11.3 Å². The number of fused-ring (bicyclic) bond motifs is 1. The van der Waals surface area contributed by atoms with E-state index >= 15 is 0 Å². The molecule has 164 valence electrons. The fourth-order valence-corrected chi connectivity index (χ4v) is 5.08. The third kappa shape index (κ3) is 4.25. The molecule has 4 aromatic rings. The third-order valence-corrected chi connectivity index (χ3v) is 7.21. The van der Waals surface area contributed by atoms with Gasteiger partial charge in [-0.3, -0.25) is 4.79 Å². The zero-order valence-corrected chi connectivity index (χ0v) is 19.2. The van der Waals surface area contributed by atoms with E-state index in [-0.39, 0.29) is 11.8 Å². The van der Waals surface area contributed by atoms with Crippen molar-refractivity contribution in [3.05, 3.63) is 71.4 Å². The van der Waals surface area contributed by atoms with Gasteiger partial charge < -0.3 is 10.2 Å². The predicted octanol–water partition coefficient (Wildman–Crippen LogP) is 4.61. The van der Waals surface area contributed by atoms with Crippen LogP contribution in [-0.2, 0) is 11.3 Å². The highest BCUT2D eigenvalue weighted by atomic mass is 32.1. The molecule has 0 saturated carbocycles. The average Bonchev–Trinajstić information content (AvgIpc) is 3.39. The number of anilines is 1. The Morgan fingerprint density at radius 3 is 2.56 bits per heavy atom. The summed E-state index contributed by atoms with van der Waals surface area (Å²) in [5.41, 5.74) is 5.67. The first-order valence-corrected chi connectivity index (χ1v) is 11.9. The molecule has 0 radical (unpaired) electrons. The van der Waals surface area contributed by atoms with Gasteiger partial charge in [-0.15, -0.1) is 5.10 Å². The number of amides is 1. The second-order valence-corrected chi connectivity index (χ2v) is 9.44. The number of piperidine rings is 1. The van der Waals surface area contributed by atoms with E-state index in [1.807, 2.05) is 22.8 Å². The van der Waals surface area contributed by atoms with Crippen molar-refractivity contribution in [3.8, 4) is 11.3 Å². The van der Waals surface area contributed by atoms with E-state index in [1.165, 1.54) is 16.7 Å². The van der Waals surface area contributed by atoms with Crippen LogP contribution >= 0.6 is 11.3 Å². The van der Waals surface area contributed by atoms with Crippen LogP contribution in [0.25, 0.3) is 16.2 Å². The van der Waals surface area contributed by atoms with Gasteiger partial charge in [0.05, 0.1) is 11.9 Å². The Kier molecular flexibility index (Phi) is 5.66.